The number of cyclic esters (lactones) is 2. The number of hydrogen-bond acceptors (Lipinski definition) is 3. The van der Waals surface area contributed by atoms with Gasteiger partial charge in [0.15, 0.2) is 0 Å². The summed E-state index contributed by atoms with van der Waals surface area (Å²) in [7, 11) is 0. The van der Waals surface area contributed by atoms with Crippen LogP contribution in [-0.2, 0) is 27.4 Å². The fourth-order valence-electron chi connectivity index (χ4n) is 4.97. The standard InChI is InChI=1S/C29H21BrN2O3/c1-2-31-16-22(20-10-6-7-11-24(20)31)26-27(29(34)35-28(26)33)23-17-32(15-18-8-4-3-5-9-18)25-13-12-19(30)14-21(23)25/h3-14,16-17H,2,15H2,1H3. The first-order valence-corrected chi connectivity index (χ1v) is 12.3. The zero-order chi connectivity index (χ0) is 24.1. The van der Waals surface area contributed by atoms with Crippen LogP contribution in [0, 0.1) is 0 Å². The van der Waals surface area contributed by atoms with Crippen molar-refractivity contribution in [1.82, 2.24) is 9.13 Å². The highest BCUT2D eigenvalue weighted by Crippen LogP contribution is 2.41. The number of esters is 2. The maximum Gasteiger partial charge on any atom is 0.347 e. The molecule has 0 saturated carbocycles. The van der Waals surface area contributed by atoms with E-state index in [1.54, 1.807) is 0 Å². The maximum atomic E-state index is 13.1. The van der Waals surface area contributed by atoms with E-state index in [1.165, 1.54) is 0 Å². The Bertz CT molecular complexity index is 1670. The molecule has 0 unspecified atom stereocenters. The van der Waals surface area contributed by atoms with Gasteiger partial charge in [-0.25, -0.2) is 9.59 Å². The van der Waals surface area contributed by atoms with Gasteiger partial charge in [0.1, 0.15) is 0 Å². The normalized spacial score (nSPS) is 13.9. The molecule has 6 rings (SSSR count). The Morgan fingerprint density at radius 1 is 0.743 bits per heavy atom. The minimum absolute atomic E-state index is 0.309. The monoisotopic (exact) mass is 524 g/mol. The Morgan fingerprint density at radius 3 is 2.11 bits per heavy atom. The number of carbonyl (C=O) groups is 2. The number of rotatable bonds is 5. The van der Waals surface area contributed by atoms with E-state index in [9.17, 15) is 9.59 Å². The van der Waals surface area contributed by atoms with Crippen LogP contribution in [-0.4, -0.2) is 21.1 Å². The van der Waals surface area contributed by atoms with Crippen LogP contribution < -0.4 is 0 Å². The van der Waals surface area contributed by atoms with Gasteiger partial charge in [-0.2, -0.15) is 0 Å². The molecule has 0 atom stereocenters. The van der Waals surface area contributed by atoms with Gasteiger partial charge in [-0.05, 0) is 36.8 Å². The van der Waals surface area contributed by atoms with Gasteiger partial charge in [-0.15, -0.1) is 0 Å². The molecule has 1 aliphatic heterocycles. The highest BCUT2D eigenvalue weighted by Gasteiger charge is 2.37. The lowest BCUT2D eigenvalue weighted by atomic mass is 9.95. The number of nitrogens with zero attached hydrogens (tertiary/aromatic N) is 2. The van der Waals surface area contributed by atoms with Crippen LogP contribution in [0.2, 0.25) is 0 Å². The van der Waals surface area contributed by atoms with Crippen LogP contribution in [0.25, 0.3) is 33.0 Å². The Kier molecular flexibility index (Phi) is 5.19. The smallest absolute Gasteiger partial charge is 0.347 e. The van der Waals surface area contributed by atoms with Crippen molar-refractivity contribution in [2.45, 2.75) is 20.0 Å². The fourth-order valence-corrected chi connectivity index (χ4v) is 5.33. The number of hydrogen-bond donors (Lipinski definition) is 0. The van der Waals surface area contributed by atoms with Gasteiger partial charge in [-0.3, -0.25) is 0 Å². The van der Waals surface area contributed by atoms with Crippen molar-refractivity contribution in [3.63, 3.8) is 0 Å². The zero-order valence-electron chi connectivity index (χ0n) is 19.0. The molecule has 35 heavy (non-hydrogen) atoms. The third-order valence-electron chi connectivity index (χ3n) is 6.55. The molecule has 0 saturated heterocycles. The quantitative estimate of drug-likeness (QED) is 0.197. The first-order valence-electron chi connectivity index (χ1n) is 11.5. The zero-order valence-corrected chi connectivity index (χ0v) is 20.6. The molecular formula is C29H21BrN2O3. The summed E-state index contributed by atoms with van der Waals surface area (Å²) in [5, 5.41) is 1.80. The van der Waals surface area contributed by atoms with Crippen LogP contribution in [0.5, 0.6) is 0 Å². The van der Waals surface area contributed by atoms with Crippen LogP contribution in [0.15, 0.2) is 89.7 Å². The lowest BCUT2D eigenvalue weighted by Gasteiger charge is -2.05. The van der Waals surface area contributed by atoms with Crippen molar-refractivity contribution in [3.8, 4) is 0 Å². The van der Waals surface area contributed by atoms with Crippen molar-refractivity contribution in [2.24, 2.45) is 0 Å². The van der Waals surface area contributed by atoms with E-state index >= 15 is 0 Å². The summed E-state index contributed by atoms with van der Waals surface area (Å²) in [4.78, 5) is 26.2. The fraction of sp³-hybridized carbons (Fsp3) is 0.103. The van der Waals surface area contributed by atoms with Crippen molar-refractivity contribution in [3.05, 3.63) is 106 Å². The molecule has 0 aliphatic carbocycles. The number of ether oxygens (including phenoxy) is 1. The van der Waals surface area contributed by atoms with Gasteiger partial charge in [-0.1, -0.05) is 64.5 Å². The van der Waals surface area contributed by atoms with Crippen molar-refractivity contribution >= 4 is 60.8 Å². The predicted octanol–water partition coefficient (Wildman–Crippen LogP) is 6.42. The summed E-state index contributed by atoms with van der Waals surface area (Å²) in [6.45, 7) is 3.44. The molecule has 0 fully saturated rings. The molecule has 0 N–H and O–H groups in total. The van der Waals surface area contributed by atoms with Gasteiger partial charge in [0.25, 0.3) is 0 Å². The Balaban J connectivity index is 1.63. The maximum absolute atomic E-state index is 13.1. The van der Waals surface area contributed by atoms with Gasteiger partial charge >= 0.3 is 11.9 Å². The Hall–Kier alpha value is -3.90. The molecule has 0 radical (unpaired) electrons. The van der Waals surface area contributed by atoms with Crippen molar-refractivity contribution in [2.75, 3.05) is 0 Å². The number of halogens is 1. The van der Waals surface area contributed by atoms with E-state index in [2.05, 4.69) is 44.1 Å². The second-order valence-corrected chi connectivity index (χ2v) is 9.51. The summed E-state index contributed by atoms with van der Waals surface area (Å²) in [5.74, 6) is -1.22. The minimum Gasteiger partial charge on any atom is -0.386 e. The summed E-state index contributed by atoms with van der Waals surface area (Å²) in [6.07, 6.45) is 3.90. The molecule has 6 heteroatoms. The average molecular weight is 525 g/mol. The molecule has 3 heterocycles. The number of aryl methyl sites for hydroxylation is 1. The molecular weight excluding hydrogens is 504 g/mol. The van der Waals surface area contributed by atoms with Crippen LogP contribution in [0.4, 0.5) is 0 Å². The first-order chi connectivity index (χ1) is 17.0. The highest BCUT2D eigenvalue weighted by atomic mass is 79.9. The molecule has 0 amide bonds. The molecule has 1 aliphatic rings. The van der Waals surface area contributed by atoms with Crippen molar-refractivity contribution < 1.29 is 14.3 Å². The molecule has 0 bridgehead atoms. The topological polar surface area (TPSA) is 53.2 Å². The number of aromatic nitrogens is 2. The average Bonchev–Trinajstić information content (AvgIpc) is 3.50. The molecule has 2 aromatic heterocycles. The summed E-state index contributed by atoms with van der Waals surface area (Å²) >= 11 is 3.57. The van der Waals surface area contributed by atoms with Gasteiger partial charge in [0.05, 0.1) is 11.1 Å². The van der Waals surface area contributed by atoms with E-state index in [-0.39, 0.29) is 0 Å². The second-order valence-electron chi connectivity index (χ2n) is 8.59. The third-order valence-corrected chi connectivity index (χ3v) is 7.04. The number of benzene rings is 3. The van der Waals surface area contributed by atoms with Gasteiger partial charge in [0, 0.05) is 62.9 Å². The second kappa shape index (κ2) is 8.40. The third kappa shape index (κ3) is 3.53. The van der Waals surface area contributed by atoms with E-state index in [0.29, 0.717) is 28.8 Å². The first kappa shape index (κ1) is 21.6. The predicted molar refractivity (Wildman–Crippen MR) is 141 cm³/mol. The number of para-hydroxylation sites is 1. The van der Waals surface area contributed by atoms with Crippen LogP contribution in [0.1, 0.15) is 23.6 Å². The SMILES string of the molecule is CCn1cc(C2=C(c3cn(Cc4ccccc4)c4ccc(Br)cc34)C(=O)OC2=O)c2ccccc21. The number of fused-ring (bicyclic) bond motifs is 2. The molecule has 172 valence electrons. The van der Waals surface area contributed by atoms with Gasteiger partial charge < -0.3 is 13.9 Å². The summed E-state index contributed by atoms with van der Waals surface area (Å²) in [5.41, 5.74) is 5.16. The van der Waals surface area contributed by atoms with E-state index in [0.717, 1.165) is 38.4 Å². The molecule has 5 aromatic rings. The molecule has 3 aromatic carbocycles. The lowest BCUT2D eigenvalue weighted by molar-refractivity contribution is -0.149. The summed E-state index contributed by atoms with van der Waals surface area (Å²) in [6, 6.07) is 24.1. The van der Waals surface area contributed by atoms with Gasteiger partial charge in [0.2, 0.25) is 0 Å². The minimum atomic E-state index is -0.614. The van der Waals surface area contributed by atoms with Crippen molar-refractivity contribution in [1.29, 1.82) is 0 Å². The number of carbonyl (C=O) groups excluding carboxylic acids is 2. The Labute approximate surface area is 210 Å². The van der Waals surface area contributed by atoms with E-state index in [4.69, 9.17) is 4.74 Å². The molecule has 0 spiro atoms. The van der Waals surface area contributed by atoms with E-state index < -0.39 is 11.9 Å². The highest BCUT2D eigenvalue weighted by molar-refractivity contribution is 9.10. The van der Waals surface area contributed by atoms with E-state index in [1.807, 2.05) is 73.1 Å². The Morgan fingerprint density at radius 2 is 1.37 bits per heavy atom. The van der Waals surface area contributed by atoms with Crippen LogP contribution >= 0.6 is 15.9 Å². The largest absolute Gasteiger partial charge is 0.386 e. The summed E-state index contributed by atoms with van der Waals surface area (Å²) < 4.78 is 10.3. The lowest BCUT2D eigenvalue weighted by Crippen LogP contribution is -2.02. The van der Waals surface area contributed by atoms with Crippen LogP contribution in [0.3, 0.4) is 0 Å². The molecule has 5 nitrogen and oxygen atoms in total.